The van der Waals surface area contributed by atoms with E-state index < -0.39 is 16.1 Å². The van der Waals surface area contributed by atoms with Gasteiger partial charge in [0.15, 0.2) is 11.5 Å². The van der Waals surface area contributed by atoms with Crippen molar-refractivity contribution in [2.45, 2.75) is 30.7 Å². The summed E-state index contributed by atoms with van der Waals surface area (Å²) in [4.78, 5) is 23.8. The van der Waals surface area contributed by atoms with Crippen LogP contribution in [-0.4, -0.2) is 36.3 Å². The van der Waals surface area contributed by atoms with Gasteiger partial charge < -0.3 is 9.29 Å². The zero-order valence-corrected chi connectivity index (χ0v) is 12.5. The highest BCUT2D eigenvalue weighted by atomic mass is 32.2. The molecule has 1 aromatic carbocycles. The molecule has 0 bridgehead atoms. The Morgan fingerprint density at radius 1 is 1.36 bits per heavy atom. The molecule has 0 aliphatic carbocycles. The summed E-state index contributed by atoms with van der Waals surface area (Å²) in [6.07, 6.45) is 0.298. The molecule has 1 atom stereocenters. The van der Waals surface area contributed by atoms with Crippen LogP contribution in [0, 0.1) is 6.92 Å². The molecule has 22 heavy (non-hydrogen) atoms. The maximum Gasteiger partial charge on any atom is 0.356 e. The Kier molecular flexibility index (Phi) is 3.21. The van der Waals surface area contributed by atoms with Crippen LogP contribution in [-0.2, 0) is 23.9 Å². The minimum absolute atomic E-state index is 0.0506. The van der Waals surface area contributed by atoms with Crippen molar-refractivity contribution < 1.29 is 27.3 Å². The highest BCUT2D eigenvalue weighted by Crippen LogP contribution is 2.39. The molecule has 1 N–H and O–H groups in total. The van der Waals surface area contributed by atoms with Crippen molar-refractivity contribution in [3.05, 3.63) is 41.3 Å². The number of carboxylic acids is 1. The van der Waals surface area contributed by atoms with Gasteiger partial charge in [0.05, 0.1) is 6.04 Å². The third-order valence-electron chi connectivity index (χ3n) is 3.66. The number of hydrogen-bond acceptors (Lipinski definition) is 5. The predicted molar refractivity (Wildman–Crippen MR) is 74.0 cm³/mol. The molecular formula is C14H13NO6S. The minimum atomic E-state index is -4.13. The summed E-state index contributed by atoms with van der Waals surface area (Å²) in [6.45, 7) is 1.74. The molecule has 1 unspecified atom stereocenters. The fraction of sp³-hybridized carbons (Fsp3) is 0.286. The molecular weight excluding hydrogens is 310 g/mol. The van der Waals surface area contributed by atoms with E-state index in [0.717, 1.165) is 10.5 Å². The number of carboxylic acid groups (broad SMARTS) is 1. The van der Waals surface area contributed by atoms with E-state index in [1.807, 2.05) is 0 Å². The van der Waals surface area contributed by atoms with Crippen molar-refractivity contribution in [2.24, 2.45) is 0 Å². The van der Waals surface area contributed by atoms with E-state index in [2.05, 4.69) is 0 Å². The van der Waals surface area contributed by atoms with Crippen molar-refractivity contribution in [3.63, 3.8) is 0 Å². The molecule has 2 aliphatic heterocycles. The van der Waals surface area contributed by atoms with E-state index in [4.69, 9.17) is 4.18 Å². The lowest BCUT2D eigenvalue weighted by molar-refractivity contribution is -0.147. The standard InChI is InChI=1S/C14H13NO6S/c1-8-3-2-4-10(5-8)22(19,20)21-11-6-9-7-12(16)15(9)13(11)14(17)18/h2-5,9H,6-7H2,1H3,(H,17,18). The second kappa shape index (κ2) is 4.84. The van der Waals surface area contributed by atoms with Crippen LogP contribution in [0.15, 0.2) is 40.6 Å². The van der Waals surface area contributed by atoms with Gasteiger partial charge in [0.25, 0.3) is 0 Å². The number of fused-ring (bicyclic) bond motifs is 1. The molecule has 0 radical (unpaired) electrons. The molecule has 3 rings (SSSR count). The summed E-state index contributed by atoms with van der Waals surface area (Å²) in [5, 5.41) is 9.21. The Morgan fingerprint density at radius 2 is 2.09 bits per heavy atom. The molecule has 116 valence electrons. The van der Waals surface area contributed by atoms with Crippen LogP contribution in [0.2, 0.25) is 0 Å². The fourth-order valence-corrected chi connectivity index (χ4v) is 3.73. The van der Waals surface area contributed by atoms with E-state index >= 15 is 0 Å². The van der Waals surface area contributed by atoms with Crippen LogP contribution in [0.3, 0.4) is 0 Å². The van der Waals surface area contributed by atoms with Crippen molar-refractivity contribution in [1.29, 1.82) is 0 Å². The van der Waals surface area contributed by atoms with Crippen molar-refractivity contribution in [3.8, 4) is 0 Å². The minimum Gasteiger partial charge on any atom is -0.476 e. The summed E-state index contributed by atoms with van der Waals surface area (Å²) < 4.78 is 29.6. The first-order valence-electron chi connectivity index (χ1n) is 6.59. The summed E-state index contributed by atoms with van der Waals surface area (Å²) in [5.41, 5.74) is 0.361. The Balaban J connectivity index is 1.96. The lowest BCUT2D eigenvalue weighted by atomic mass is 10.0. The Morgan fingerprint density at radius 3 is 2.68 bits per heavy atom. The number of rotatable bonds is 4. The van der Waals surface area contributed by atoms with Crippen LogP contribution in [0.4, 0.5) is 0 Å². The van der Waals surface area contributed by atoms with Crippen LogP contribution in [0.5, 0.6) is 0 Å². The van der Waals surface area contributed by atoms with E-state index in [0.29, 0.717) is 0 Å². The summed E-state index contributed by atoms with van der Waals surface area (Å²) in [7, 11) is -4.13. The average Bonchev–Trinajstić information content (AvgIpc) is 2.71. The van der Waals surface area contributed by atoms with Gasteiger partial charge in [0.2, 0.25) is 5.91 Å². The zero-order valence-electron chi connectivity index (χ0n) is 11.6. The molecule has 1 amide bonds. The maximum absolute atomic E-state index is 12.3. The maximum atomic E-state index is 12.3. The average molecular weight is 323 g/mol. The zero-order chi connectivity index (χ0) is 16.1. The number of benzene rings is 1. The molecule has 0 aromatic heterocycles. The number of β-lactam (4-membered cyclic amide) rings is 1. The molecule has 7 nitrogen and oxygen atoms in total. The van der Waals surface area contributed by atoms with Crippen LogP contribution < -0.4 is 0 Å². The summed E-state index contributed by atoms with van der Waals surface area (Å²) >= 11 is 0. The van der Waals surface area contributed by atoms with E-state index in [9.17, 15) is 23.1 Å². The summed E-state index contributed by atoms with van der Waals surface area (Å²) in [5.74, 6) is -1.90. The third kappa shape index (κ3) is 2.25. The van der Waals surface area contributed by atoms with Gasteiger partial charge in [-0.15, -0.1) is 0 Å². The monoisotopic (exact) mass is 323 g/mol. The number of aliphatic carboxylic acids is 1. The van der Waals surface area contributed by atoms with Gasteiger partial charge >= 0.3 is 16.1 Å². The summed E-state index contributed by atoms with van der Waals surface area (Å²) in [6, 6.07) is 5.80. The first-order chi connectivity index (χ1) is 10.3. The predicted octanol–water partition coefficient (Wildman–Crippen LogP) is 1.00. The SMILES string of the molecule is Cc1cccc(S(=O)(=O)OC2=C(C(=O)O)N3C(=O)CC3C2)c1. The van der Waals surface area contributed by atoms with Crippen LogP contribution in [0.1, 0.15) is 18.4 Å². The van der Waals surface area contributed by atoms with Gasteiger partial charge in [0, 0.05) is 12.8 Å². The third-order valence-corrected chi connectivity index (χ3v) is 4.91. The number of carbonyl (C=O) groups is 2. The number of nitrogens with zero attached hydrogens (tertiary/aromatic N) is 1. The Labute approximate surface area is 126 Å². The normalized spacial score (nSPS) is 20.7. The fourth-order valence-electron chi connectivity index (χ4n) is 2.65. The molecule has 8 heteroatoms. The van der Waals surface area contributed by atoms with E-state index in [-0.39, 0.29) is 41.1 Å². The van der Waals surface area contributed by atoms with Crippen LogP contribution >= 0.6 is 0 Å². The first kappa shape index (κ1) is 14.6. The molecule has 0 saturated carbocycles. The molecule has 1 fully saturated rings. The number of aryl methyl sites for hydroxylation is 1. The number of carbonyl (C=O) groups excluding carboxylic acids is 1. The van der Waals surface area contributed by atoms with Gasteiger partial charge in [-0.2, -0.15) is 8.42 Å². The van der Waals surface area contributed by atoms with Crippen molar-refractivity contribution in [1.82, 2.24) is 4.90 Å². The quantitative estimate of drug-likeness (QED) is 0.655. The van der Waals surface area contributed by atoms with Gasteiger partial charge in [-0.3, -0.25) is 9.69 Å². The van der Waals surface area contributed by atoms with Crippen molar-refractivity contribution >= 4 is 22.0 Å². The van der Waals surface area contributed by atoms with Gasteiger partial charge in [0.1, 0.15) is 4.90 Å². The van der Waals surface area contributed by atoms with Crippen molar-refractivity contribution in [2.75, 3.05) is 0 Å². The number of amides is 1. The highest BCUT2D eigenvalue weighted by molar-refractivity contribution is 7.86. The van der Waals surface area contributed by atoms with E-state index in [1.165, 1.54) is 12.1 Å². The number of hydrogen-bond donors (Lipinski definition) is 1. The van der Waals surface area contributed by atoms with Gasteiger partial charge in [-0.1, -0.05) is 12.1 Å². The van der Waals surface area contributed by atoms with Crippen LogP contribution in [0.25, 0.3) is 0 Å². The van der Waals surface area contributed by atoms with Gasteiger partial charge in [-0.25, -0.2) is 4.79 Å². The second-order valence-electron chi connectivity index (χ2n) is 5.26. The smallest absolute Gasteiger partial charge is 0.356 e. The molecule has 1 aromatic rings. The largest absolute Gasteiger partial charge is 0.476 e. The highest BCUT2D eigenvalue weighted by Gasteiger charge is 2.49. The lowest BCUT2D eigenvalue weighted by Gasteiger charge is -2.34. The topological polar surface area (TPSA) is 101 Å². The molecule has 1 saturated heterocycles. The first-order valence-corrected chi connectivity index (χ1v) is 8.00. The Bertz CT molecular complexity index is 810. The second-order valence-corrected chi connectivity index (χ2v) is 6.80. The Hall–Kier alpha value is -2.35. The molecule has 2 aliphatic rings. The molecule has 0 spiro atoms. The van der Waals surface area contributed by atoms with Gasteiger partial charge in [-0.05, 0) is 24.6 Å². The van der Waals surface area contributed by atoms with E-state index in [1.54, 1.807) is 19.1 Å². The molecule has 2 heterocycles. The lowest BCUT2D eigenvalue weighted by Crippen LogP contribution is -2.49.